The summed E-state index contributed by atoms with van der Waals surface area (Å²) in [6.45, 7) is 7.44. The van der Waals surface area contributed by atoms with Crippen molar-refractivity contribution in [2.75, 3.05) is 7.11 Å². The number of ether oxygens (including phenoxy) is 1. The van der Waals surface area contributed by atoms with E-state index < -0.39 is 0 Å². The van der Waals surface area contributed by atoms with Gasteiger partial charge in [-0.15, -0.1) is 0 Å². The molecule has 0 amide bonds. The molecule has 0 unspecified atom stereocenters. The number of hydrogen-bond acceptors (Lipinski definition) is 2. The van der Waals surface area contributed by atoms with Crippen LogP contribution in [0.5, 0.6) is 0 Å². The van der Waals surface area contributed by atoms with Gasteiger partial charge in [0.1, 0.15) is 0 Å². The highest BCUT2D eigenvalue weighted by molar-refractivity contribution is 4.27. The van der Waals surface area contributed by atoms with Crippen molar-refractivity contribution in [1.29, 1.82) is 0 Å². The van der Waals surface area contributed by atoms with Gasteiger partial charge in [0.2, 0.25) is 0 Å². The minimum atomic E-state index is -0.167. The molecule has 0 atom stereocenters. The van der Waals surface area contributed by atoms with E-state index in [0.29, 0.717) is 6.10 Å². The number of aliphatic hydroxyl groups is 1. The van der Waals surface area contributed by atoms with Crippen LogP contribution in [0.3, 0.4) is 0 Å². The Morgan fingerprint density at radius 2 is 1.20 bits per heavy atom. The Morgan fingerprint density at radius 3 is 1.20 bits per heavy atom. The molecule has 10 heavy (non-hydrogen) atoms. The summed E-state index contributed by atoms with van der Waals surface area (Å²) >= 11 is 0. The van der Waals surface area contributed by atoms with Gasteiger partial charge in [-0.3, -0.25) is 0 Å². The monoisotopic (exact) mass is 150 g/mol. The highest BCUT2D eigenvalue weighted by Gasteiger charge is 1.78. The van der Waals surface area contributed by atoms with Crippen LogP contribution < -0.4 is 0 Å². The fourth-order valence-electron chi connectivity index (χ4n) is 0. The van der Waals surface area contributed by atoms with E-state index in [1.165, 1.54) is 0 Å². The third kappa shape index (κ3) is 103. The second-order valence-electron chi connectivity index (χ2n) is 2.38. The lowest BCUT2D eigenvalue weighted by atomic mass is 10.5. The van der Waals surface area contributed by atoms with Crippen molar-refractivity contribution in [3.63, 3.8) is 0 Å². The quantitative estimate of drug-likeness (QED) is 0.620. The van der Waals surface area contributed by atoms with E-state index in [1.807, 2.05) is 13.8 Å². The predicted octanol–water partition coefficient (Wildman–Crippen LogP) is 2.06. The molecule has 0 heterocycles. The van der Waals surface area contributed by atoms with Crippen LogP contribution in [0, 0.1) is 0 Å². The van der Waals surface area contributed by atoms with Crippen molar-refractivity contribution in [3.8, 4) is 0 Å². The lowest BCUT2D eigenvalue weighted by Gasteiger charge is -1.94. The highest BCUT2D eigenvalue weighted by Crippen LogP contribution is 1.77. The maximum Gasteiger partial charge on any atom is 0.0515 e. The molecule has 0 saturated heterocycles. The first kappa shape index (κ1) is 16.5. The molecular formula is C8H22O2. The number of methoxy groups -OCH3 is 1. The molecule has 66 valence electrons. The molecule has 2 heteroatoms. The second kappa shape index (κ2) is 11.7. The molecule has 0 aromatic rings. The van der Waals surface area contributed by atoms with E-state index in [2.05, 4.69) is 0 Å². The highest BCUT2D eigenvalue weighted by atomic mass is 16.5. The summed E-state index contributed by atoms with van der Waals surface area (Å²) in [7, 11) is 1.70. The van der Waals surface area contributed by atoms with Gasteiger partial charge in [0, 0.05) is 13.2 Å². The predicted molar refractivity (Wildman–Crippen MR) is 46.2 cm³/mol. The maximum absolute atomic E-state index is 8.06. The van der Waals surface area contributed by atoms with Crippen LogP contribution in [0.2, 0.25) is 0 Å². The lowest BCUT2D eigenvalue weighted by Crippen LogP contribution is -1.94. The molecule has 0 spiro atoms. The van der Waals surface area contributed by atoms with E-state index in [9.17, 15) is 0 Å². The van der Waals surface area contributed by atoms with Crippen LogP contribution in [0.15, 0.2) is 0 Å². The SMILES string of the molecule is C.CC(C)O.COC(C)C. The Kier molecular flexibility index (Phi) is 19.3. The first-order chi connectivity index (χ1) is 4.00. The third-order valence-corrected chi connectivity index (χ3v) is 0.471. The molecule has 0 aromatic carbocycles. The van der Waals surface area contributed by atoms with Crippen LogP contribution in [-0.4, -0.2) is 24.4 Å². The van der Waals surface area contributed by atoms with Crippen molar-refractivity contribution in [2.24, 2.45) is 0 Å². The number of aliphatic hydroxyl groups excluding tert-OH is 1. The molecule has 1 N–H and O–H groups in total. The zero-order valence-corrected chi connectivity index (χ0v) is 7.01. The summed E-state index contributed by atoms with van der Waals surface area (Å²) < 4.78 is 4.75. The molecular weight excluding hydrogens is 128 g/mol. The Bertz CT molecular complexity index is 39.8. The Morgan fingerprint density at radius 1 is 1.10 bits per heavy atom. The van der Waals surface area contributed by atoms with Gasteiger partial charge in [-0.2, -0.15) is 0 Å². The number of rotatable bonds is 1. The van der Waals surface area contributed by atoms with Crippen molar-refractivity contribution >= 4 is 0 Å². The first-order valence-electron chi connectivity index (χ1n) is 3.21. The Hall–Kier alpha value is -0.0800. The summed E-state index contributed by atoms with van der Waals surface area (Å²) in [5.41, 5.74) is 0. The summed E-state index contributed by atoms with van der Waals surface area (Å²) in [5.74, 6) is 0. The van der Waals surface area contributed by atoms with Gasteiger partial charge in [0.05, 0.1) is 6.10 Å². The summed E-state index contributed by atoms with van der Waals surface area (Å²) in [4.78, 5) is 0. The van der Waals surface area contributed by atoms with E-state index in [1.54, 1.807) is 21.0 Å². The molecule has 0 fully saturated rings. The van der Waals surface area contributed by atoms with E-state index in [-0.39, 0.29) is 13.5 Å². The molecule has 0 rings (SSSR count). The van der Waals surface area contributed by atoms with Crippen molar-refractivity contribution in [3.05, 3.63) is 0 Å². The summed E-state index contributed by atoms with van der Waals surface area (Å²) in [5, 5.41) is 8.06. The minimum Gasteiger partial charge on any atom is -0.394 e. The Labute approximate surface area is 65.2 Å². The fraction of sp³-hybridized carbons (Fsp3) is 1.00. The molecule has 0 saturated carbocycles. The van der Waals surface area contributed by atoms with Gasteiger partial charge in [-0.1, -0.05) is 7.43 Å². The average Bonchev–Trinajstić information content (AvgIpc) is 1.65. The summed E-state index contributed by atoms with van der Waals surface area (Å²) in [6, 6.07) is 0. The molecule has 0 aliphatic carbocycles. The van der Waals surface area contributed by atoms with Crippen molar-refractivity contribution < 1.29 is 9.84 Å². The van der Waals surface area contributed by atoms with E-state index in [4.69, 9.17) is 9.84 Å². The van der Waals surface area contributed by atoms with E-state index >= 15 is 0 Å². The minimum absolute atomic E-state index is 0. The van der Waals surface area contributed by atoms with Crippen LogP contribution in [0.25, 0.3) is 0 Å². The van der Waals surface area contributed by atoms with Crippen LogP contribution in [0.1, 0.15) is 35.1 Å². The third-order valence-electron chi connectivity index (χ3n) is 0.471. The normalized spacial score (nSPS) is 8.40. The second-order valence-corrected chi connectivity index (χ2v) is 2.38. The topological polar surface area (TPSA) is 29.5 Å². The largest absolute Gasteiger partial charge is 0.394 e. The number of hydrogen-bond donors (Lipinski definition) is 1. The smallest absolute Gasteiger partial charge is 0.0515 e. The van der Waals surface area contributed by atoms with Gasteiger partial charge in [0.25, 0.3) is 0 Å². The standard InChI is InChI=1S/C4H10O.C3H8O.CH4/c1-4(2)5-3;1-3(2)4;/h4H,1-3H3;3-4H,1-2H3;1H4. The van der Waals surface area contributed by atoms with Crippen molar-refractivity contribution in [1.82, 2.24) is 0 Å². The van der Waals surface area contributed by atoms with Crippen LogP contribution in [0.4, 0.5) is 0 Å². The molecule has 0 aliphatic heterocycles. The zero-order chi connectivity index (χ0) is 7.86. The van der Waals surface area contributed by atoms with Crippen LogP contribution >= 0.6 is 0 Å². The molecule has 0 radical (unpaired) electrons. The van der Waals surface area contributed by atoms with Gasteiger partial charge >= 0.3 is 0 Å². The van der Waals surface area contributed by atoms with Gasteiger partial charge in [-0.05, 0) is 27.7 Å². The first-order valence-corrected chi connectivity index (χ1v) is 3.21. The lowest BCUT2D eigenvalue weighted by molar-refractivity contribution is 0.134. The molecule has 0 bridgehead atoms. The molecule has 0 aliphatic rings. The van der Waals surface area contributed by atoms with E-state index in [0.717, 1.165) is 0 Å². The molecule has 0 aromatic heterocycles. The summed E-state index contributed by atoms with van der Waals surface area (Å²) in [6.07, 6.45) is 0.218. The maximum atomic E-state index is 8.06. The fourth-order valence-corrected chi connectivity index (χ4v) is 0. The van der Waals surface area contributed by atoms with Gasteiger partial charge in [0.15, 0.2) is 0 Å². The zero-order valence-electron chi connectivity index (χ0n) is 7.01. The van der Waals surface area contributed by atoms with Gasteiger partial charge < -0.3 is 9.84 Å². The van der Waals surface area contributed by atoms with Crippen molar-refractivity contribution in [2.45, 2.75) is 47.3 Å². The molecule has 2 nitrogen and oxygen atoms in total. The average molecular weight is 150 g/mol. The van der Waals surface area contributed by atoms with Gasteiger partial charge in [-0.25, -0.2) is 0 Å². The Balaban J connectivity index is -0.0000000910. The van der Waals surface area contributed by atoms with Crippen LogP contribution in [-0.2, 0) is 4.74 Å².